The number of carbonyl (C=O) groups excluding carboxylic acids is 1. The first-order valence-electron chi connectivity index (χ1n) is 7.81. The Morgan fingerprint density at radius 1 is 1.12 bits per heavy atom. The first-order valence-corrected chi connectivity index (χ1v) is 7.81. The number of aryl methyl sites for hydroxylation is 2. The molecule has 0 atom stereocenters. The molecule has 3 heterocycles. The molecule has 4 rings (SSSR count). The Labute approximate surface area is 144 Å². The summed E-state index contributed by atoms with van der Waals surface area (Å²) >= 11 is 0. The molecule has 1 N–H and O–H groups in total. The van der Waals surface area contributed by atoms with E-state index in [-0.39, 0.29) is 12.7 Å². The van der Waals surface area contributed by atoms with Crippen molar-refractivity contribution < 1.29 is 14.3 Å². The maximum atomic E-state index is 12.4. The van der Waals surface area contributed by atoms with Crippen LogP contribution in [0.5, 0.6) is 11.5 Å². The number of hydrogen-bond donors (Lipinski definition) is 1. The molecule has 0 saturated carbocycles. The van der Waals surface area contributed by atoms with E-state index in [0.717, 1.165) is 11.4 Å². The molecule has 1 aliphatic heterocycles. The van der Waals surface area contributed by atoms with Gasteiger partial charge in [0.25, 0.3) is 5.91 Å². The smallest absolute Gasteiger partial charge is 0.255 e. The van der Waals surface area contributed by atoms with Crippen LogP contribution in [-0.2, 0) is 0 Å². The quantitative estimate of drug-likeness (QED) is 0.796. The summed E-state index contributed by atoms with van der Waals surface area (Å²) < 4.78 is 12.3. The van der Waals surface area contributed by atoms with E-state index in [1.165, 1.54) is 0 Å². The average molecular weight is 336 g/mol. The van der Waals surface area contributed by atoms with Crippen LogP contribution < -0.4 is 14.8 Å². The largest absolute Gasteiger partial charge is 0.454 e. The van der Waals surface area contributed by atoms with Crippen molar-refractivity contribution in [1.82, 2.24) is 14.8 Å². The summed E-state index contributed by atoms with van der Waals surface area (Å²) in [6.45, 7) is 4.08. The second-order valence-electron chi connectivity index (χ2n) is 5.77. The fraction of sp³-hybridized carbons (Fsp3) is 0.167. The van der Waals surface area contributed by atoms with Gasteiger partial charge in [-0.15, -0.1) is 0 Å². The number of nitrogens with zero attached hydrogens (tertiary/aromatic N) is 3. The normalized spacial score (nSPS) is 12.2. The van der Waals surface area contributed by atoms with E-state index < -0.39 is 0 Å². The van der Waals surface area contributed by atoms with Gasteiger partial charge in [0.15, 0.2) is 17.3 Å². The molecule has 0 saturated heterocycles. The fourth-order valence-corrected chi connectivity index (χ4v) is 2.69. The first-order chi connectivity index (χ1) is 12.1. The van der Waals surface area contributed by atoms with Gasteiger partial charge in [0, 0.05) is 11.3 Å². The van der Waals surface area contributed by atoms with E-state index in [2.05, 4.69) is 15.4 Å². The van der Waals surface area contributed by atoms with Crippen molar-refractivity contribution in [1.29, 1.82) is 0 Å². The second kappa shape index (κ2) is 5.94. The van der Waals surface area contributed by atoms with Gasteiger partial charge in [-0.05, 0) is 50.2 Å². The number of aromatic nitrogens is 3. The third-order valence-corrected chi connectivity index (χ3v) is 3.87. The molecular weight excluding hydrogens is 320 g/mol. The van der Waals surface area contributed by atoms with Crippen molar-refractivity contribution in [2.75, 3.05) is 12.1 Å². The topological polar surface area (TPSA) is 78.3 Å². The Balaban J connectivity index is 1.51. The highest BCUT2D eigenvalue weighted by Gasteiger charge is 2.16. The van der Waals surface area contributed by atoms with Crippen LogP contribution in [0.1, 0.15) is 21.7 Å². The van der Waals surface area contributed by atoms with Gasteiger partial charge in [-0.2, -0.15) is 5.10 Å². The lowest BCUT2D eigenvalue weighted by Gasteiger charge is -2.07. The minimum Gasteiger partial charge on any atom is -0.454 e. The molecule has 25 heavy (non-hydrogen) atoms. The monoisotopic (exact) mass is 336 g/mol. The maximum absolute atomic E-state index is 12.4. The highest BCUT2D eigenvalue weighted by molar-refractivity contribution is 6.04. The molecule has 2 aromatic heterocycles. The zero-order chi connectivity index (χ0) is 17.4. The van der Waals surface area contributed by atoms with Crippen molar-refractivity contribution in [2.24, 2.45) is 0 Å². The molecule has 1 amide bonds. The number of carbonyl (C=O) groups is 1. The molecule has 7 nitrogen and oxygen atoms in total. The van der Waals surface area contributed by atoms with Crippen LogP contribution in [0.4, 0.5) is 5.69 Å². The van der Waals surface area contributed by atoms with Gasteiger partial charge < -0.3 is 14.8 Å². The summed E-state index contributed by atoms with van der Waals surface area (Å²) in [4.78, 5) is 16.7. The average Bonchev–Trinajstić information content (AvgIpc) is 3.20. The molecule has 126 valence electrons. The number of pyridine rings is 1. The Morgan fingerprint density at radius 3 is 2.68 bits per heavy atom. The molecule has 3 aromatic rings. The van der Waals surface area contributed by atoms with Crippen molar-refractivity contribution >= 4 is 11.6 Å². The van der Waals surface area contributed by atoms with Gasteiger partial charge in [-0.1, -0.05) is 0 Å². The molecule has 0 fully saturated rings. The molecule has 0 spiro atoms. The first kappa shape index (κ1) is 15.2. The Morgan fingerprint density at radius 2 is 1.96 bits per heavy atom. The number of hydrogen-bond acceptors (Lipinski definition) is 5. The van der Waals surface area contributed by atoms with E-state index in [1.54, 1.807) is 35.1 Å². The number of amides is 1. The molecule has 1 aromatic carbocycles. The summed E-state index contributed by atoms with van der Waals surface area (Å²) in [5.74, 6) is 1.68. The molecule has 7 heteroatoms. The summed E-state index contributed by atoms with van der Waals surface area (Å²) in [5.41, 5.74) is 3.03. The highest BCUT2D eigenvalue weighted by Crippen LogP contribution is 2.32. The van der Waals surface area contributed by atoms with Gasteiger partial charge in [-0.3, -0.25) is 4.79 Å². The summed E-state index contributed by atoms with van der Waals surface area (Å²) in [5, 5.41) is 7.21. The second-order valence-corrected chi connectivity index (χ2v) is 5.77. The summed E-state index contributed by atoms with van der Waals surface area (Å²) in [6.07, 6.45) is 1.61. The van der Waals surface area contributed by atoms with Gasteiger partial charge in [0.2, 0.25) is 6.79 Å². The van der Waals surface area contributed by atoms with Gasteiger partial charge >= 0.3 is 0 Å². The van der Waals surface area contributed by atoms with Crippen LogP contribution in [0.15, 0.2) is 42.6 Å². The lowest BCUT2D eigenvalue weighted by atomic mass is 10.2. The fourth-order valence-electron chi connectivity index (χ4n) is 2.69. The van der Waals surface area contributed by atoms with Gasteiger partial charge in [-0.25, -0.2) is 9.67 Å². The summed E-state index contributed by atoms with van der Waals surface area (Å²) in [6, 6.07) is 10.7. The zero-order valence-corrected chi connectivity index (χ0v) is 13.8. The molecule has 0 unspecified atom stereocenters. The van der Waals surface area contributed by atoms with E-state index in [0.29, 0.717) is 28.6 Å². The molecule has 1 aliphatic rings. The standard InChI is InChI=1S/C18H16N4O3/c1-11-7-12(2)22(21-11)17-6-4-14(9-19-17)20-18(23)13-3-5-15-16(8-13)25-10-24-15/h3-9H,10H2,1-2H3,(H,20,23). The Hall–Kier alpha value is -3.35. The van der Waals surface area contributed by atoms with Gasteiger partial charge in [0.1, 0.15) is 0 Å². The Bertz CT molecular complexity index is 947. The zero-order valence-electron chi connectivity index (χ0n) is 13.8. The lowest BCUT2D eigenvalue weighted by Crippen LogP contribution is -2.12. The SMILES string of the molecule is Cc1cc(C)n(-c2ccc(NC(=O)c3ccc4c(c3)OCO4)cn2)n1. The van der Waals surface area contributed by atoms with E-state index >= 15 is 0 Å². The number of anilines is 1. The molecule has 0 aliphatic carbocycles. The van der Waals surface area contributed by atoms with Crippen molar-refractivity contribution in [3.8, 4) is 17.3 Å². The van der Waals surface area contributed by atoms with Crippen LogP contribution in [0.25, 0.3) is 5.82 Å². The maximum Gasteiger partial charge on any atom is 0.255 e. The van der Waals surface area contributed by atoms with Crippen LogP contribution in [0, 0.1) is 13.8 Å². The lowest BCUT2D eigenvalue weighted by molar-refractivity contribution is 0.102. The minimum atomic E-state index is -0.237. The summed E-state index contributed by atoms with van der Waals surface area (Å²) in [7, 11) is 0. The van der Waals surface area contributed by atoms with Crippen molar-refractivity contribution in [2.45, 2.75) is 13.8 Å². The molecule has 0 bridgehead atoms. The number of benzene rings is 1. The Kier molecular flexibility index (Phi) is 3.61. The van der Waals surface area contributed by atoms with Crippen LogP contribution in [-0.4, -0.2) is 27.5 Å². The van der Waals surface area contributed by atoms with Crippen LogP contribution in [0.2, 0.25) is 0 Å². The van der Waals surface area contributed by atoms with E-state index in [9.17, 15) is 4.79 Å². The van der Waals surface area contributed by atoms with Crippen molar-refractivity contribution in [3.05, 3.63) is 59.5 Å². The number of nitrogens with one attached hydrogen (secondary N) is 1. The van der Waals surface area contributed by atoms with Crippen LogP contribution in [0.3, 0.4) is 0 Å². The van der Waals surface area contributed by atoms with Crippen LogP contribution >= 0.6 is 0 Å². The third-order valence-electron chi connectivity index (χ3n) is 3.87. The van der Waals surface area contributed by atoms with E-state index in [1.807, 2.05) is 26.0 Å². The predicted molar refractivity (Wildman–Crippen MR) is 91.4 cm³/mol. The van der Waals surface area contributed by atoms with Gasteiger partial charge in [0.05, 0.1) is 17.6 Å². The molecular formula is C18H16N4O3. The molecule has 0 radical (unpaired) electrons. The third kappa shape index (κ3) is 2.91. The van der Waals surface area contributed by atoms with E-state index in [4.69, 9.17) is 9.47 Å². The predicted octanol–water partition coefficient (Wildman–Crippen LogP) is 2.87. The van der Waals surface area contributed by atoms with Crippen molar-refractivity contribution in [3.63, 3.8) is 0 Å². The minimum absolute atomic E-state index is 0.179. The number of fused-ring (bicyclic) bond motifs is 1. The number of ether oxygens (including phenoxy) is 2. The highest BCUT2D eigenvalue weighted by atomic mass is 16.7. The number of rotatable bonds is 3.